The maximum Gasteiger partial charge on any atom is 0.0619 e. The number of ether oxygens (including phenoxy) is 1. The molecule has 1 heterocycles. The van der Waals surface area contributed by atoms with Gasteiger partial charge in [0.1, 0.15) is 0 Å². The molecule has 0 aromatic heterocycles. The Morgan fingerprint density at radius 3 is 3.07 bits per heavy atom. The molecule has 1 aliphatic heterocycles. The van der Waals surface area contributed by atoms with Crippen LogP contribution in [0.2, 0.25) is 0 Å². The molecule has 0 bridgehead atoms. The second kappa shape index (κ2) is 7.51. The van der Waals surface area contributed by atoms with Crippen LogP contribution in [-0.4, -0.2) is 49.0 Å². The van der Waals surface area contributed by atoms with Crippen molar-refractivity contribution in [3.05, 3.63) is 0 Å². The Morgan fingerprint density at radius 1 is 1.64 bits per heavy atom. The lowest BCUT2D eigenvalue weighted by Crippen LogP contribution is -2.45. The van der Waals surface area contributed by atoms with E-state index < -0.39 is 0 Å². The molecule has 1 rings (SSSR count). The topological polar surface area (TPSA) is 41.5 Å². The van der Waals surface area contributed by atoms with Gasteiger partial charge in [-0.15, -0.1) is 0 Å². The van der Waals surface area contributed by atoms with Crippen molar-refractivity contribution >= 4 is 11.8 Å². The van der Waals surface area contributed by atoms with Gasteiger partial charge in [-0.25, -0.2) is 0 Å². The van der Waals surface area contributed by atoms with Crippen LogP contribution in [0.4, 0.5) is 0 Å². The van der Waals surface area contributed by atoms with E-state index in [2.05, 4.69) is 11.6 Å². The zero-order valence-electron chi connectivity index (χ0n) is 8.87. The van der Waals surface area contributed by atoms with Gasteiger partial charge in [-0.3, -0.25) is 0 Å². The van der Waals surface area contributed by atoms with Gasteiger partial charge in [0.2, 0.25) is 0 Å². The fraction of sp³-hybridized carbons (Fsp3) is 1.00. The Hall–Kier alpha value is 0.230. The van der Waals surface area contributed by atoms with Crippen molar-refractivity contribution in [2.24, 2.45) is 0 Å². The predicted molar refractivity (Wildman–Crippen MR) is 60.8 cm³/mol. The molecule has 2 unspecified atom stereocenters. The van der Waals surface area contributed by atoms with Gasteiger partial charge in [0.05, 0.1) is 13.2 Å². The molecular formula is C10H21NO2S. The summed E-state index contributed by atoms with van der Waals surface area (Å²) >= 11 is 1.82. The molecular weight excluding hydrogens is 198 g/mol. The van der Waals surface area contributed by atoms with Crippen LogP contribution in [-0.2, 0) is 4.74 Å². The highest BCUT2D eigenvalue weighted by Gasteiger charge is 2.17. The molecule has 0 saturated carbocycles. The number of aliphatic hydroxyl groups excluding tert-OH is 1. The van der Waals surface area contributed by atoms with Crippen LogP contribution < -0.4 is 5.32 Å². The van der Waals surface area contributed by atoms with Crippen LogP contribution in [0.15, 0.2) is 0 Å². The van der Waals surface area contributed by atoms with Crippen LogP contribution in [0.1, 0.15) is 19.3 Å². The first-order chi connectivity index (χ1) is 6.86. The third-order valence-corrected chi connectivity index (χ3v) is 3.17. The quantitative estimate of drug-likeness (QED) is 0.695. The first-order valence-electron chi connectivity index (χ1n) is 5.30. The molecule has 0 spiro atoms. The van der Waals surface area contributed by atoms with Gasteiger partial charge in [0.25, 0.3) is 0 Å². The minimum atomic E-state index is 0.233. The van der Waals surface area contributed by atoms with Crippen molar-refractivity contribution in [3.63, 3.8) is 0 Å². The van der Waals surface area contributed by atoms with E-state index in [-0.39, 0.29) is 12.6 Å². The van der Waals surface area contributed by atoms with Crippen LogP contribution in [0.25, 0.3) is 0 Å². The number of aliphatic hydroxyl groups is 1. The van der Waals surface area contributed by atoms with Crippen LogP contribution in [0, 0.1) is 0 Å². The Bertz CT molecular complexity index is 140. The maximum atomic E-state index is 9.17. The lowest BCUT2D eigenvalue weighted by molar-refractivity contribution is 0.0622. The largest absolute Gasteiger partial charge is 0.395 e. The van der Waals surface area contributed by atoms with Crippen LogP contribution in [0.3, 0.4) is 0 Å². The Morgan fingerprint density at radius 2 is 2.50 bits per heavy atom. The average molecular weight is 219 g/mol. The maximum absolute atomic E-state index is 9.17. The van der Waals surface area contributed by atoms with Gasteiger partial charge in [-0.05, 0) is 31.3 Å². The summed E-state index contributed by atoms with van der Waals surface area (Å²) in [4.78, 5) is 0. The normalized spacial score (nSPS) is 24.9. The minimum absolute atomic E-state index is 0.233. The lowest BCUT2D eigenvalue weighted by atomic mass is 10.1. The van der Waals surface area contributed by atoms with E-state index in [0.29, 0.717) is 6.04 Å². The molecule has 0 aromatic rings. The van der Waals surface area contributed by atoms with Crippen LogP contribution in [0.5, 0.6) is 0 Å². The summed E-state index contributed by atoms with van der Waals surface area (Å²) in [6.07, 6.45) is 5.44. The molecule has 1 aliphatic rings. The summed E-state index contributed by atoms with van der Waals surface area (Å²) in [6.45, 7) is 1.93. The van der Waals surface area contributed by atoms with Crippen molar-refractivity contribution in [3.8, 4) is 0 Å². The number of thioether (sulfide) groups is 1. The van der Waals surface area contributed by atoms with Crippen LogP contribution >= 0.6 is 11.8 Å². The fourth-order valence-electron chi connectivity index (χ4n) is 1.69. The van der Waals surface area contributed by atoms with Gasteiger partial charge in [0.15, 0.2) is 0 Å². The molecule has 2 N–H and O–H groups in total. The molecule has 0 aliphatic carbocycles. The van der Waals surface area contributed by atoms with E-state index in [1.54, 1.807) is 0 Å². The number of hydrogen-bond acceptors (Lipinski definition) is 4. The minimum Gasteiger partial charge on any atom is -0.395 e. The zero-order valence-corrected chi connectivity index (χ0v) is 9.68. The highest BCUT2D eigenvalue weighted by Crippen LogP contribution is 2.08. The second-order valence-corrected chi connectivity index (χ2v) is 4.73. The van der Waals surface area contributed by atoms with E-state index in [1.807, 2.05) is 11.8 Å². The van der Waals surface area contributed by atoms with E-state index in [1.165, 1.54) is 6.42 Å². The van der Waals surface area contributed by atoms with Gasteiger partial charge >= 0.3 is 0 Å². The predicted octanol–water partition coefficient (Wildman–Crippen LogP) is 0.869. The summed E-state index contributed by atoms with van der Waals surface area (Å²) in [5.41, 5.74) is 0. The van der Waals surface area contributed by atoms with E-state index in [4.69, 9.17) is 4.74 Å². The van der Waals surface area contributed by atoms with Crippen molar-refractivity contribution in [1.82, 2.24) is 5.32 Å². The van der Waals surface area contributed by atoms with Gasteiger partial charge in [-0.1, -0.05) is 0 Å². The number of hydrogen-bond donors (Lipinski definition) is 2. The SMILES string of the molecule is CSCCC(CO)NC1CCCOC1. The first-order valence-corrected chi connectivity index (χ1v) is 6.69. The van der Waals surface area contributed by atoms with Gasteiger partial charge < -0.3 is 15.2 Å². The molecule has 0 radical (unpaired) electrons. The summed E-state index contributed by atoms with van der Waals surface area (Å²) in [7, 11) is 0. The smallest absolute Gasteiger partial charge is 0.0619 e. The molecule has 2 atom stereocenters. The standard InChI is InChI=1S/C10H21NO2S/c1-14-6-4-9(7-12)11-10-3-2-5-13-8-10/h9-12H,2-8H2,1H3. The molecule has 4 heteroatoms. The van der Waals surface area contributed by atoms with E-state index >= 15 is 0 Å². The Balaban J connectivity index is 2.16. The fourth-order valence-corrected chi connectivity index (χ4v) is 2.21. The Labute approximate surface area is 90.6 Å². The van der Waals surface area contributed by atoms with Gasteiger partial charge in [0, 0.05) is 18.7 Å². The van der Waals surface area contributed by atoms with Crippen molar-refractivity contribution in [2.75, 3.05) is 31.8 Å². The molecule has 1 fully saturated rings. The summed E-state index contributed by atoms with van der Waals surface area (Å²) in [6, 6.07) is 0.692. The van der Waals surface area contributed by atoms with Crippen molar-refractivity contribution in [2.45, 2.75) is 31.3 Å². The highest BCUT2D eigenvalue weighted by molar-refractivity contribution is 7.98. The third kappa shape index (κ3) is 4.64. The molecule has 0 amide bonds. The molecule has 3 nitrogen and oxygen atoms in total. The third-order valence-electron chi connectivity index (χ3n) is 2.52. The number of rotatable bonds is 6. The molecule has 84 valence electrons. The Kier molecular flexibility index (Phi) is 6.60. The summed E-state index contributed by atoms with van der Waals surface area (Å²) in [5.74, 6) is 1.10. The monoisotopic (exact) mass is 219 g/mol. The van der Waals surface area contributed by atoms with Crippen molar-refractivity contribution < 1.29 is 9.84 Å². The van der Waals surface area contributed by atoms with E-state index in [9.17, 15) is 5.11 Å². The zero-order chi connectivity index (χ0) is 10.2. The van der Waals surface area contributed by atoms with E-state index in [0.717, 1.165) is 31.8 Å². The first kappa shape index (κ1) is 12.3. The molecule has 14 heavy (non-hydrogen) atoms. The van der Waals surface area contributed by atoms with Gasteiger partial charge in [-0.2, -0.15) is 11.8 Å². The molecule has 0 aromatic carbocycles. The highest BCUT2D eigenvalue weighted by atomic mass is 32.2. The lowest BCUT2D eigenvalue weighted by Gasteiger charge is -2.27. The number of nitrogens with one attached hydrogen (secondary N) is 1. The summed E-state index contributed by atoms with van der Waals surface area (Å²) < 4.78 is 5.38. The average Bonchev–Trinajstić information content (AvgIpc) is 2.25. The second-order valence-electron chi connectivity index (χ2n) is 3.74. The van der Waals surface area contributed by atoms with Crippen molar-refractivity contribution in [1.29, 1.82) is 0 Å². The molecule has 1 saturated heterocycles. The summed E-state index contributed by atoms with van der Waals surface area (Å²) in [5, 5.41) is 12.6.